The van der Waals surface area contributed by atoms with Gasteiger partial charge in [-0.25, -0.2) is 9.18 Å². The number of piperidine rings is 1. The van der Waals surface area contributed by atoms with Crippen LogP contribution in [0.25, 0.3) is 0 Å². The second-order valence-electron chi connectivity index (χ2n) is 6.60. The third-order valence-corrected chi connectivity index (χ3v) is 4.98. The molecule has 2 fully saturated rings. The molecule has 126 valence electrons. The molecule has 0 aromatic heterocycles. The number of urea groups is 1. The van der Waals surface area contributed by atoms with Crippen LogP contribution >= 0.6 is 0 Å². The van der Waals surface area contributed by atoms with Crippen molar-refractivity contribution in [2.24, 2.45) is 5.92 Å². The van der Waals surface area contributed by atoms with E-state index in [1.54, 1.807) is 13.0 Å². The van der Waals surface area contributed by atoms with Gasteiger partial charge in [0.1, 0.15) is 11.4 Å². The van der Waals surface area contributed by atoms with Gasteiger partial charge in [0.15, 0.2) is 0 Å². The Balaban J connectivity index is 1.74. The number of hydrogen-bond donors (Lipinski definition) is 2. The van der Waals surface area contributed by atoms with E-state index in [4.69, 9.17) is 5.26 Å². The molecular weight excluding hydrogens is 311 g/mol. The normalized spacial score (nSPS) is 27.5. The van der Waals surface area contributed by atoms with E-state index in [1.165, 1.54) is 12.1 Å². The molecular formula is C17H19FN4O2. The monoisotopic (exact) mass is 330 g/mol. The number of rotatable bonds is 3. The first-order valence-electron chi connectivity index (χ1n) is 7.97. The molecule has 0 unspecified atom stereocenters. The number of nitrogens with zero attached hydrogens (tertiary/aromatic N) is 2. The largest absolute Gasteiger partial charge is 0.323 e. The molecule has 2 aliphatic rings. The lowest BCUT2D eigenvalue weighted by Crippen LogP contribution is -2.55. The van der Waals surface area contributed by atoms with Gasteiger partial charge in [0.05, 0.1) is 11.6 Å². The lowest BCUT2D eigenvalue weighted by atomic mass is 9.80. The van der Waals surface area contributed by atoms with Crippen LogP contribution in [-0.4, -0.2) is 35.5 Å². The first kappa shape index (κ1) is 16.4. The van der Waals surface area contributed by atoms with Crippen molar-refractivity contribution in [3.8, 4) is 6.07 Å². The van der Waals surface area contributed by atoms with Crippen molar-refractivity contribution in [3.63, 3.8) is 0 Å². The van der Waals surface area contributed by atoms with Crippen LogP contribution in [0.4, 0.5) is 9.18 Å². The lowest BCUT2D eigenvalue weighted by molar-refractivity contribution is -0.126. The zero-order chi connectivity index (χ0) is 17.3. The second kappa shape index (κ2) is 6.21. The maximum Gasteiger partial charge on any atom is 0.322 e. The molecule has 0 spiro atoms. The van der Waals surface area contributed by atoms with Gasteiger partial charge >= 0.3 is 6.03 Å². The Kier molecular flexibility index (Phi) is 4.24. The minimum absolute atomic E-state index is 0.0105. The van der Waals surface area contributed by atoms with Gasteiger partial charge in [0.2, 0.25) is 0 Å². The summed E-state index contributed by atoms with van der Waals surface area (Å²) in [5.41, 5.74) is 0.191. The van der Waals surface area contributed by atoms with Gasteiger partial charge in [-0.15, -0.1) is 0 Å². The summed E-state index contributed by atoms with van der Waals surface area (Å²) < 4.78 is 13.3. The van der Waals surface area contributed by atoms with E-state index >= 15 is 0 Å². The molecule has 0 radical (unpaired) electrons. The van der Waals surface area contributed by atoms with E-state index < -0.39 is 17.4 Å². The van der Waals surface area contributed by atoms with Gasteiger partial charge in [-0.3, -0.25) is 15.0 Å². The molecule has 2 saturated heterocycles. The number of hydrogen-bond acceptors (Lipinski definition) is 4. The number of imide groups is 1. The maximum atomic E-state index is 13.3. The molecule has 7 heteroatoms. The highest BCUT2D eigenvalue weighted by Crippen LogP contribution is 2.30. The van der Waals surface area contributed by atoms with Gasteiger partial charge in [0.25, 0.3) is 5.91 Å². The average molecular weight is 330 g/mol. The van der Waals surface area contributed by atoms with Crippen LogP contribution in [0.5, 0.6) is 0 Å². The van der Waals surface area contributed by atoms with Crippen molar-refractivity contribution in [3.05, 3.63) is 35.1 Å². The summed E-state index contributed by atoms with van der Waals surface area (Å²) >= 11 is 0. The quantitative estimate of drug-likeness (QED) is 0.823. The van der Waals surface area contributed by atoms with Gasteiger partial charge in [-0.2, -0.15) is 5.26 Å². The zero-order valence-electron chi connectivity index (χ0n) is 13.4. The Bertz CT molecular complexity index is 730. The molecule has 1 aromatic rings. The molecule has 2 N–H and O–H groups in total. The van der Waals surface area contributed by atoms with Crippen molar-refractivity contribution >= 4 is 11.9 Å². The molecule has 2 heterocycles. The second-order valence-corrected chi connectivity index (χ2v) is 6.60. The smallest absolute Gasteiger partial charge is 0.322 e. The highest BCUT2D eigenvalue weighted by molar-refractivity contribution is 6.07. The van der Waals surface area contributed by atoms with E-state index in [0.29, 0.717) is 18.7 Å². The number of nitrogens with one attached hydrogen (secondary N) is 2. The van der Waals surface area contributed by atoms with Crippen molar-refractivity contribution in [1.29, 1.82) is 5.26 Å². The van der Waals surface area contributed by atoms with Crippen LogP contribution in [-0.2, 0) is 11.3 Å². The van der Waals surface area contributed by atoms with Crippen LogP contribution < -0.4 is 10.6 Å². The van der Waals surface area contributed by atoms with Crippen molar-refractivity contribution in [2.45, 2.75) is 31.8 Å². The summed E-state index contributed by atoms with van der Waals surface area (Å²) in [5, 5.41) is 14.2. The fourth-order valence-electron chi connectivity index (χ4n) is 3.55. The van der Waals surface area contributed by atoms with Crippen LogP contribution in [0.2, 0.25) is 0 Å². The molecule has 0 saturated carbocycles. The van der Waals surface area contributed by atoms with Crippen LogP contribution in [0.1, 0.15) is 30.9 Å². The van der Waals surface area contributed by atoms with Crippen LogP contribution in [0.15, 0.2) is 18.2 Å². The number of benzene rings is 1. The molecule has 3 amide bonds. The Morgan fingerprint density at radius 3 is 2.92 bits per heavy atom. The topological polar surface area (TPSA) is 85.2 Å². The van der Waals surface area contributed by atoms with Gasteiger partial charge in [0, 0.05) is 19.0 Å². The predicted molar refractivity (Wildman–Crippen MR) is 84.2 cm³/mol. The summed E-state index contributed by atoms with van der Waals surface area (Å²) in [4.78, 5) is 25.7. The molecule has 0 bridgehead atoms. The molecule has 0 aliphatic carbocycles. The number of amides is 3. The lowest BCUT2D eigenvalue weighted by Gasteiger charge is -2.39. The Morgan fingerprint density at radius 1 is 1.46 bits per heavy atom. The van der Waals surface area contributed by atoms with Crippen molar-refractivity contribution in [1.82, 2.24) is 15.5 Å². The molecule has 24 heavy (non-hydrogen) atoms. The third-order valence-electron chi connectivity index (χ3n) is 4.98. The maximum absolute atomic E-state index is 13.3. The van der Waals surface area contributed by atoms with Crippen LogP contribution in [0, 0.1) is 23.1 Å². The fraction of sp³-hybridized carbons (Fsp3) is 0.471. The Hall–Kier alpha value is -2.46. The van der Waals surface area contributed by atoms with E-state index in [1.807, 2.05) is 6.07 Å². The minimum Gasteiger partial charge on any atom is -0.323 e. The van der Waals surface area contributed by atoms with Crippen LogP contribution in [0.3, 0.4) is 0 Å². The molecule has 3 rings (SSSR count). The predicted octanol–water partition coefficient (Wildman–Crippen LogP) is 1.51. The number of carbonyl (C=O) groups is 2. The van der Waals surface area contributed by atoms with Crippen molar-refractivity contribution in [2.75, 3.05) is 13.1 Å². The number of carbonyl (C=O) groups excluding carboxylic acids is 2. The molecule has 2 aliphatic heterocycles. The summed E-state index contributed by atoms with van der Waals surface area (Å²) in [7, 11) is 0. The third kappa shape index (κ3) is 2.97. The molecule has 1 aromatic carbocycles. The summed E-state index contributed by atoms with van der Waals surface area (Å²) in [6, 6.07) is 5.79. The van der Waals surface area contributed by atoms with Crippen molar-refractivity contribution < 1.29 is 14.0 Å². The molecule has 2 atom stereocenters. The van der Waals surface area contributed by atoms with E-state index in [9.17, 15) is 14.0 Å². The zero-order valence-corrected chi connectivity index (χ0v) is 13.4. The summed E-state index contributed by atoms with van der Waals surface area (Å²) in [5.74, 6) is -0.729. The SMILES string of the molecule is C[C@]1([C@@H]2CCCN(Cc3ccc(F)cc3C#N)C2)NC(=O)NC1=O. The van der Waals surface area contributed by atoms with E-state index in [2.05, 4.69) is 15.5 Å². The fourth-order valence-corrected chi connectivity index (χ4v) is 3.55. The highest BCUT2D eigenvalue weighted by atomic mass is 19.1. The first-order chi connectivity index (χ1) is 11.4. The van der Waals surface area contributed by atoms with Gasteiger partial charge < -0.3 is 5.32 Å². The summed E-state index contributed by atoms with van der Waals surface area (Å²) in [6.45, 7) is 3.74. The Morgan fingerprint density at radius 2 is 2.25 bits per heavy atom. The highest BCUT2D eigenvalue weighted by Gasteiger charge is 2.48. The van der Waals surface area contributed by atoms with E-state index in [0.717, 1.165) is 24.9 Å². The van der Waals surface area contributed by atoms with Gasteiger partial charge in [-0.05, 0) is 44.0 Å². The number of halogens is 1. The summed E-state index contributed by atoms with van der Waals surface area (Å²) in [6.07, 6.45) is 1.74. The van der Waals surface area contributed by atoms with E-state index in [-0.39, 0.29) is 11.8 Å². The standard InChI is InChI=1S/C17H19FN4O2/c1-17(15(23)20-16(24)21-17)13-3-2-6-22(10-13)9-11-4-5-14(18)7-12(11)8-19/h4-5,7,13H,2-3,6,9-10H2,1H3,(H2,20,21,23,24)/t13-,17-/m1/s1. The first-order valence-corrected chi connectivity index (χ1v) is 7.97. The Labute approximate surface area is 139 Å². The number of nitriles is 1. The van der Waals surface area contributed by atoms with Gasteiger partial charge in [-0.1, -0.05) is 6.07 Å². The minimum atomic E-state index is -0.906. The molecule has 6 nitrogen and oxygen atoms in total. The average Bonchev–Trinajstić information content (AvgIpc) is 2.83. The number of likely N-dealkylation sites (tertiary alicyclic amines) is 1.